The minimum absolute atomic E-state index is 0.171. The maximum absolute atomic E-state index is 12.2. The largest absolute Gasteiger partial charge is 0.292 e. The average molecular weight is 263 g/mol. The van der Waals surface area contributed by atoms with Crippen molar-refractivity contribution in [3.63, 3.8) is 0 Å². The summed E-state index contributed by atoms with van der Waals surface area (Å²) in [6.07, 6.45) is 7.40. The molecule has 1 aromatic carbocycles. The number of benzene rings is 1. The van der Waals surface area contributed by atoms with Crippen LogP contribution in [-0.2, 0) is 16.0 Å². The van der Waals surface area contributed by atoms with Gasteiger partial charge in [0.2, 0.25) is 5.91 Å². The molecule has 1 heterocycles. The Kier molecular flexibility index (Phi) is 2.30. The molecule has 3 nitrogen and oxygen atoms in total. The lowest BCUT2D eigenvalue weighted by Crippen LogP contribution is -2.43. The molecule has 20 heavy (non-hydrogen) atoms. The first-order valence-corrected chi connectivity index (χ1v) is 6.79. The van der Waals surface area contributed by atoms with Crippen molar-refractivity contribution in [2.24, 2.45) is 5.92 Å². The van der Waals surface area contributed by atoms with E-state index in [0.29, 0.717) is 12.8 Å². The molecule has 0 bridgehead atoms. The second-order valence-electron chi connectivity index (χ2n) is 5.38. The van der Waals surface area contributed by atoms with E-state index in [1.807, 2.05) is 30.4 Å². The zero-order valence-electron chi connectivity index (χ0n) is 10.8. The van der Waals surface area contributed by atoms with E-state index in [1.165, 1.54) is 0 Å². The van der Waals surface area contributed by atoms with E-state index in [4.69, 9.17) is 0 Å². The molecular formula is C17H13NO2. The van der Waals surface area contributed by atoms with E-state index in [-0.39, 0.29) is 17.7 Å². The van der Waals surface area contributed by atoms with Gasteiger partial charge in [-0.1, -0.05) is 36.4 Å². The minimum atomic E-state index is -0.237. The van der Waals surface area contributed by atoms with E-state index in [9.17, 15) is 9.59 Å². The maximum atomic E-state index is 12.2. The zero-order chi connectivity index (χ0) is 13.7. The molecule has 1 aromatic rings. The number of carbonyl (C=O) groups excluding carboxylic acids is 2. The number of imide groups is 1. The van der Waals surface area contributed by atoms with Gasteiger partial charge >= 0.3 is 0 Å². The van der Waals surface area contributed by atoms with Crippen LogP contribution in [0.5, 0.6) is 0 Å². The molecule has 1 atom stereocenters. The van der Waals surface area contributed by atoms with Crippen molar-refractivity contribution in [1.82, 2.24) is 5.32 Å². The lowest BCUT2D eigenvalue weighted by atomic mass is 9.79. The SMILES string of the molecule is O=C1NC(=O)C2CC=CC3=Cc4ccccc4CC1=C32. The van der Waals surface area contributed by atoms with Crippen LogP contribution in [0.25, 0.3) is 6.08 Å². The highest BCUT2D eigenvalue weighted by molar-refractivity contribution is 6.11. The Hall–Kier alpha value is -2.42. The van der Waals surface area contributed by atoms with Crippen LogP contribution in [0.3, 0.4) is 0 Å². The topological polar surface area (TPSA) is 46.2 Å². The second kappa shape index (κ2) is 4.04. The van der Waals surface area contributed by atoms with Crippen LogP contribution >= 0.6 is 0 Å². The quantitative estimate of drug-likeness (QED) is 0.729. The molecular weight excluding hydrogens is 250 g/mol. The first-order chi connectivity index (χ1) is 9.74. The Morgan fingerprint density at radius 3 is 2.90 bits per heavy atom. The number of hydrogen-bond acceptors (Lipinski definition) is 2. The summed E-state index contributed by atoms with van der Waals surface area (Å²) in [7, 11) is 0. The molecule has 0 radical (unpaired) electrons. The molecule has 0 fully saturated rings. The molecule has 98 valence electrons. The van der Waals surface area contributed by atoms with Gasteiger partial charge in [-0.15, -0.1) is 0 Å². The molecule has 1 N–H and O–H groups in total. The molecule has 0 saturated carbocycles. The third-order valence-corrected chi connectivity index (χ3v) is 4.21. The minimum Gasteiger partial charge on any atom is -0.292 e. The monoisotopic (exact) mass is 263 g/mol. The molecule has 3 aliphatic rings. The van der Waals surface area contributed by atoms with Gasteiger partial charge in [-0.05, 0) is 34.8 Å². The third kappa shape index (κ3) is 1.53. The molecule has 3 heteroatoms. The number of carbonyl (C=O) groups is 2. The number of allylic oxidation sites excluding steroid dienone is 3. The van der Waals surface area contributed by atoms with E-state index in [0.717, 1.165) is 27.8 Å². The lowest BCUT2D eigenvalue weighted by molar-refractivity contribution is -0.131. The van der Waals surface area contributed by atoms with Gasteiger partial charge in [0.25, 0.3) is 5.91 Å². The van der Waals surface area contributed by atoms with Gasteiger partial charge in [-0.25, -0.2) is 0 Å². The molecule has 2 amide bonds. The van der Waals surface area contributed by atoms with Gasteiger partial charge in [0, 0.05) is 12.0 Å². The van der Waals surface area contributed by atoms with Crippen LogP contribution in [-0.4, -0.2) is 11.8 Å². The van der Waals surface area contributed by atoms with E-state index < -0.39 is 0 Å². The normalized spacial score (nSPS) is 23.6. The van der Waals surface area contributed by atoms with Crippen LogP contribution < -0.4 is 5.32 Å². The maximum Gasteiger partial charge on any atom is 0.254 e. The summed E-state index contributed by atoms with van der Waals surface area (Å²) in [5, 5.41) is 2.50. The number of nitrogens with one attached hydrogen (secondary N) is 1. The first-order valence-electron chi connectivity index (χ1n) is 6.79. The summed E-state index contributed by atoms with van der Waals surface area (Å²) in [6.45, 7) is 0. The summed E-state index contributed by atoms with van der Waals surface area (Å²) < 4.78 is 0. The number of fused-ring (bicyclic) bond motifs is 1. The van der Waals surface area contributed by atoms with Crippen molar-refractivity contribution >= 4 is 17.9 Å². The summed E-state index contributed by atoms with van der Waals surface area (Å²) in [4.78, 5) is 24.2. The van der Waals surface area contributed by atoms with E-state index in [2.05, 4.69) is 17.5 Å². The molecule has 2 aliphatic carbocycles. The zero-order valence-corrected chi connectivity index (χ0v) is 10.8. The Balaban J connectivity index is 2.00. The van der Waals surface area contributed by atoms with Crippen LogP contribution in [0.4, 0.5) is 0 Å². The van der Waals surface area contributed by atoms with Gasteiger partial charge in [0.05, 0.1) is 5.92 Å². The highest BCUT2D eigenvalue weighted by Gasteiger charge is 2.37. The Morgan fingerprint density at radius 1 is 1.15 bits per heavy atom. The Bertz CT molecular complexity index is 737. The lowest BCUT2D eigenvalue weighted by Gasteiger charge is -2.29. The predicted molar refractivity (Wildman–Crippen MR) is 75.5 cm³/mol. The van der Waals surface area contributed by atoms with E-state index >= 15 is 0 Å². The second-order valence-corrected chi connectivity index (χ2v) is 5.38. The van der Waals surface area contributed by atoms with Crippen molar-refractivity contribution in [1.29, 1.82) is 0 Å². The molecule has 1 aliphatic heterocycles. The summed E-state index contributed by atoms with van der Waals surface area (Å²) in [5.74, 6) is -0.623. The average Bonchev–Trinajstić information content (AvgIpc) is 2.62. The van der Waals surface area contributed by atoms with Crippen LogP contribution in [0.2, 0.25) is 0 Å². The predicted octanol–water partition coefficient (Wildman–Crippen LogP) is 2.16. The van der Waals surface area contributed by atoms with Crippen molar-refractivity contribution < 1.29 is 9.59 Å². The van der Waals surface area contributed by atoms with Gasteiger partial charge in [0.15, 0.2) is 0 Å². The number of hydrogen-bond donors (Lipinski definition) is 1. The third-order valence-electron chi connectivity index (χ3n) is 4.21. The van der Waals surface area contributed by atoms with Crippen LogP contribution in [0.15, 0.2) is 53.1 Å². The number of rotatable bonds is 0. The Morgan fingerprint density at radius 2 is 2.00 bits per heavy atom. The fraction of sp³-hybridized carbons (Fsp3) is 0.176. The standard InChI is InChI=1S/C17H13NO2/c19-16-13-7-3-6-12-8-10-4-1-2-5-11(10)9-14(15(12)13)17(20)18-16/h1-6,8,13H,7,9H2,(H,18,19,20). The highest BCUT2D eigenvalue weighted by Crippen LogP contribution is 2.39. The molecule has 1 unspecified atom stereocenters. The van der Waals surface area contributed by atoms with Crippen molar-refractivity contribution in [3.05, 3.63) is 64.3 Å². The van der Waals surface area contributed by atoms with Crippen molar-refractivity contribution in [2.45, 2.75) is 12.8 Å². The molecule has 0 spiro atoms. The molecule has 0 aromatic heterocycles. The Labute approximate surface area is 116 Å². The summed E-state index contributed by atoms with van der Waals surface area (Å²) in [5.41, 5.74) is 4.94. The molecule has 0 saturated heterocycles. The van der Waals surface area contributed by atoms with Crippen molar-refractivity contribution in [2.75, 3.05) is 0 Å². The van der Waals surface area contributed by atoms with Gasteiger partial charge in [-0.2, -0.15) is 0 Å². The molecule has 4 rings (SSSR count). The van der Waals surface area contributed by atoms with Crippen LogP contribution in [0.1, 0.15) is 17.5 Å². The van der Waals surface area contributed by atoms with Gasteiger partial charge < -0.3 is 0 Å². The van der Waals surface area contributed by atoms with Crippen LogP contribution in [0, 0.1) is 5.92 Å². The summed E-state index contributed by atoms with van der Waals surface area (Å²) in [6, 6.07) is 8.07. The van der Waals surface area contributed by atoms with E-state index in [1.54, 1.807) is 0 Å². The van der Waals surface area contributed by atoms with Crippen molar-refractivity contribution in [3.8, 4) is 0 Å². The smallest absolute Gasteiger partial charge is 0.254 e. The number of amides is 2. The van der Waals surface area contributed by atoms with Gasteiger partial charge in [-0.3, -0.25) is 14.9 Å². The first kappa shape index (κ1) is 11.4. The van der Waals surface area contributed by atoms with Gasteiger partial charge in [0.1, 0.15) is 0 Å². The summed E-state index contributed by atoms with van der Waals surface area (Å²) >= 11 is 0. The fourth-order valence-electron chi connectivity index (χ4n) is 3.25. The highest BCUT2D eigenvalue weighted by atomic mass is 16.2. The fourth-order valence-corrected chi connectivity index (χ4v) is 3.25.